The summed E-state index contributed by atoms with van der Waals surface area (Å²) in [6.45, 7) is 1.36. The zero-order chi connectivity index (χ0) is 20.7. The molecule has 0 saturated carbocycles. The zero-order valence-corrected chi connectivity index (χ0v) is 18.2. The van der Waals surface area contributed by atoms with E-state index in [9.17, 15) is 9.59 Å². The van der Waals surface area contributed by atoms with Crippen molar-refractivity contribution >= 4 is 58.6 Å². The number of benzene rings is 2. The second kappa shape index (κ2) is 7.91. The maximum atomic E-state index is 12.9. The summed E-state index contributed by atoms with van der Waals surface area (Å²) >= 11 is 18.9. The number of halogens is 2. The van der Waals surface area contributed by atoms with E-state index in [0.717, 1.165) is 16.1 Å². The van der Waals surface area contributed by atoms with E-state index < -0.39 is 17.9 Å². The van der Waals surface area contributed by atoms with Gasteiger partial charge >= 0.3 is 5.97 Å². The molecule has 0 saturated heterocycles. The largest absolute Gasteiger partial charge is 0.406 e. The smallest absolute Gasteiger partial charge is 0.336 e. The first kappa shape index (κ1) is 20.1. The number of thiazole rings is 1. The van der Waals surface area contributed by atoms with Gasteiger partial charge < -0.3 is 10.1 Å². The number of hydrogen-bond donors (Lipinski definition) is 1. The number of aromatic nitrogens is 1. The SMILES string of the molecule is CC(=O)N[C@H]1C(=O)Oc2c(sc(=S)n2-c2ccc(Cl)cc2)[C@H]1c1ccc(Cl)cc1. The lowest BCUT2D eigenvalue weighted by Crippen LogP contribution is -2.48. The lowest BCUT2D eigenvalue weighted by molar-refractivity contribution is -0.140. The average Bonchev–Trinajstić information content (AvgIpc) is 2.99. The highest BCUT2D eigenvalue weighted by molar-refractivity contribution is 7.73. The van der Waals surface area contributed by atoms with Crippen molar-refractivity contribution in [3.05, 3.63) is 73.0 Å². The van der Waals surface area contributed by atoms with Gasteiger partial charge in [-0.25, -0.2) is 4.79 Å². The number of amides is 1. The number of esters is 1. The Bertz CT molecular complexity index is 1150. The molecule has 4 rings (SSSR count). The van der Waals surface area contributed by atoms with Crippen LogP contribution in [-0.2, 0) is 9.59 Å². The van der Waals surface area contributed by atoms with Crippen molar-refractivity contribution < 1.29 is 14.3 Å². The van der Waals surface area contributed by atoms with Gasteiger partial charge in [0.15, 0.2) is 3.95 Å². The fourth-order valence-electron chi connectivity index (χ4n) is 3.30. The average molecular weight is 465 g/mol. The third kappa shape index (κ3) is 3.83. The highest BCUT2D eigenvalue weighted by Gasteiger charge is 2.42. The lowest BCUT2D eigenvalue weighted by atomic mass is 9.88. The van der Waals surface area contributed by atoms with Gasteiger partial charge in [0.2, 0.25) is 11.8 Å². The third-order valence-corrected chi connectivity index (χ3v) is 6.48. The van der Waals surface area contributed by atoms with Gasteiger partial charge in [0.1, 0.15) is 6.04 Å². The summed E-state index contributed by atoms with van der Waals surface area (Å²) in [4.78, 5) is 25.4. The van der Waals surface area contributed by atoms with Crippen LogP contribution < -0.4 is 10.1 Å². The monoisotopic (exact) mass is 464 g/mol. The number of fused-ring (bicyclic) bond motifs is 1. The molecule has 1 N–H and O–H groups in total. The predicted molar refractivity (Wildman–Crippen MR) is 116 cm³/mol. The fourth-order valence-corrected chi connectivity index (χ4v) is 5.10. The number of carbonyl (C=O) groups is 2. The molecule has 0 bridgehead atoms. The molecule has 0 spiro atoms. The molecule has 1 amide bonds. The molecular formula is C20H14Cl2N2O3S2. The Morgan fingerprint density at radius 2 is 1.69 bits per heavy atom. The van der Waals surface area contributed by atoms with Crippen molar-refractivity contribution in [2.45, 2.75) is 18.9 Å². The van der Waals surface area contributed by atoms with Gasteiger partial charge in [-0.05, 0) is 54.2 Å². The molecule has 1 aliphatic heterocycles. The number of ether oxygens (including phenoxy) is 1. The summed E-state index contributed by atoms with van der Waals surface area (Å²) in [5, 5.41) is 3.88. The first-order valence-corrected chi connectivity index (χ1v) is 10.6. The van der Waals surface area contributed by atoms with E-state index in [1.807, 2.05) is 12.1 Å². The Kier molecular flexibility index (Phi) is 5.48. The molecule has 0 fully saturated rings. The van der Waals surface area contributed by atoms with Crippen LogP contribution in [0.3, 0.4) is 0 Å². The van der Waals surface area contributed by atoms with Crippen LogP contribution in [0.15, 0.2) is 48.5 Å². The molecule has 1 aromatic heterocycles. The molecule has 3 aromatic rings. The van der Waals surface area contributed by atoms with Crippen molar-refractivity contribution in [1.29, 1.82) is 0 Å². The number of carbonyl (C=O) groups excluding carboxylic acids is 2. The summed E-state index contributed by atoms with van der Waals surface area (Å²) in [6.07, 6.45) is 0. The second-order valence-corrected chi connectivity index (χ2v) is 9.03. The van der Waals surface area contributed by atoms with Crippen LogP contribution in [0.25, 0.3) is 5.69 Å². The first-order chi connectivity index (χ1) is 13.8. The summed E-state index contributed by atoms with van der Waals surface area (Å²) in [6, 6.07) is 13.4. The van der Waals surface area contributed by atoms with E-state index in [4.69, 9.17) is 40.2 Å². The van der Waals surface area contributed by atoms with Crippen molar-refractivity contribution in [2.24, 2.45) is 0 Å². The fraction of sp³-hybridized carbons (Fsp3) is 0.150. The molecule has 5 nitrogen and oxygen atoms in total. The lowest BCUT2D eigenvalue weighted by Gasteiger charge is -2.30. The number of hydrogen-bond acceptors (Lipinski definition) is 5. The van der Waals surface area contributed by atoms with Gasteiger partial charge in [-0.15, -0.1) is 11.3 Å². The van der Waals surface area contributed by atoms with E-state index >= 15 is 0 Å². The van der Waals surface area contributed by atoms with Crippen LogP contribution >= 0.6 is 46.8 Å². The van der Waals surface area contributed by atoms with Crippen molar-refractivity contribution in [3.8, 4) is 11.6 Å². The van der Waals surface area contributed by atoms with Crippen molar-refractivity contribution in [3.63, 3.8) is 0 Å². The van der Waals surface area contributed by atoms with Gasteiger partial charge in [0, 0.05) is 17.0 Å². The molecule has 0 unspecified atom stereocenters. The van der Waals surface area contributed by atoms with Crippen molar-refractivity contribution in [2.75, 3.05) is 0 Å². The summed E-state index contributed by atoms with van der Waals surface area (Å²) in [7, 11) is 0. The molecule has 148 valence electrons. The molecule has 2 aromatic carbocycles. The molecule has 2 atom stereocenters. The normalized spacial score (nSPS) is 18.1. The Labute approximate surface area is 185 Å². The minimum absolute atomic E-state index is 0.324. The van der Waals surface area contributed by atoms with E-state index in [1.165, 1.54) is 18.3 Å². The van der Waals surface area contributed by atoms with Crippen LogP contribution in [0, 0.1) is 3.95 Å². The van der Waals surface area contributed by atoms with E-state index in [1.54, 1.807) is 41.0 Å². The summed E-state index contributed by atoms with van der Waals surface area (Å²) in [5.74, 6) is -0.972. The maximum absolute atomic E-state index is 12.9. The number of rotatable bonds is 3. The van der Waals surface area contributed by atoms with Gasteiger partial charge in [-0.1, -0.05) is 35.3 Å². The number of nitrogens with one attached hydrogen (secondary N) is 1. The van der Waals surface area contributed by atoms with Gasteiger partial charge in [-0.2, -0.15) is 0 Å². The molecule has 9 heteroatoms. The molecule has 0 radical (unpaired) electrons. The highest BCUT2D eigenvalue weighted by atomic mass is 35.5. The Morgan fingerprint density at radius 1 is 1.10 bits per heavy atom. The maximum Gasteiger partial charge on any atom is 0.336 e. The van der Waals surface area contributed by atoms with Gasteiger partial charge in [0.05, 0.1) is 16.5 Å². The molecule has 29 heavy (non-hydrogen) atoms. The zero-order valence-electron chi connectivity index (χ0n) is 15.0. The van der Waals surface area contributed by atoms with Crippen LogP contribution in [-0.4, -0.2) is 22.5 Å². The standard InChI is InChI=1S/C20H14Cl2N2O3S2/c1-10(25)23-16-15(11-2-4-12(21)5-3-11)17-18(27-19(16)26)24(20(28)29-17)14-8-6-13(22)7-9-14/h2-9,15-16H,1H3,(H,23,25)/t15-,16+/m0/s1. The summed E-state index contributed by atoms with van der Waals surface area (Å²) in [5.41, 5.74) is 1.56. The molecular weight excluding hydrogens is 451 g/mol. The molecule has 1 aliphatic rings. The molecule has 0 aliphatic carbocycles. The van der Waals surface area contributed by atoms with Gasteiger partial charge in [-0.3, -0.25) is 9.36 Å². The van der Waals surface area contributed by atoms with E-state index in [-0.39, 0.29) is 5.91 Å². The van der Waals surface area contributed by atoms with Crippen LogP contribution in [0.4, 0.5) is 0 Å². The molecule has 2 heterocycles. The Balaban J connectivity index is 1.91. The number of nitrogens with zero attached hydrogens (tertiary/aromatic N) is 1. The van der Waals surface area contributed by atoms with Gasteiger partial charge in [0.25, 0.3) is 0 Å². The third-order valence-electron chi connectivity index (χ3n) is 4.53. The summed E-state index contributed by atoms with van der Waals surface area (Å²) < 4.78 is 7.88. The van der Waals surface area contributed by atoms with Crippen molar-refractivity contribution in [1.82, 2.24) is 9.88 Å². The second-order valence-electron chi connectivity index (χ2n) is 6.48. The Morgan fingerprint density at radius 3 is 2.28 bits per heavy atom. The minimum atomic E-state index is -0.868. The van der Waals surface area contributed by atoms with E-state index in [0.29, 0.717) is 19.9 Å². The topological polar surface area (TPSA) is 60.3 Å². The van der Waals surface area contributed by atoms with Crippen LogP contribution in [0.2, 0.25) is 10.0 Å². The van der Waals surface area contributed by atoms with Crippen LogP contribution in [0.1, 0.15) is 23.3 Å². The quantitative estimate of drug-likeness (QED) is 0.431. The minimum Gasteiger partial charge on any atom is -0.406 e. The first-order valence-electron chi connectivity index (χ1n) is 8.61. The predicted octanol–water partition coefficient (Wildman–Crippen LogP) is 5.13. The Hall–Kier alpha value is -2.19. The van der Waals surface area contributed by atoms with E-state index in [2.05, 4.69) is 5.32 Å². The highest BCUT2D eigenvalue weighted by Crippen LogP contribution is 2.44. The van der Waals surface area contributed by atoms with Crippen LogP contribution in [0.5, 0.6) is 5.88 Å².